The van der Waals surface area contributed by atoms with Crippen molar-refractivity contribution in [3.8, 4) is 11.5 Å². The van der Waals surface area contributed by atoms with Gasteiger partial charge in [-0.25, -0.2) is 0 Å². The molecule has 6 atom stereocenters. The molecule has 1 heterocycles. The average molecular weight is 822 g/mol. The molecule has 276 valence electrons. The molecule has 4 aromatic carbocycles. The van der Waals surface area contributed by atoms with Crippen molar-refractivity contribution >= 4 is 22.7 Å². The molecule has 4 aromatic rings. The van der Waals surface area contributed by atoms with Gasteiger partial charge in [-0.05, 0) is 30.7 Å². The van der Waals surface area contributed by atoms with Gasteiger partial charge in [0.15, 0.2) is 0 Å². The Morgan fingerprint density at radius 1 is 0.769 bits per heavy atom. The summed E-state index contributed by atoms with van der Waals surface area (Å²) in [6, 6.07) is 30.6. The predicted octanol–water partition coefficient (Wildman–Crippen LogP) is 3.92. The maximum absolute atomic E-state index is 13.1. The molecule has 9 nitrogen and oxygen atoms in total. The topological polar surface area (TPSA) is 102 Å². The van der Waals surface area contributed by atoms with E-state index in [2.05, 4.69) is 55.5 Å². The Morgan fingerprint density at radius 3 is 2.38 bits per heavy atom. The fourth-order valence-corrected chi connectivity index (χ4v) is 9.13. The first-order valence-corrected chi connectivity index (χ1v) is 20.4. The molecule has 6 unspecified atom stereocenters. The third-order valence-corrected chi connectivity index (χ3v) is 12.6. The number of carbonyl (C=O) groups is 2. The summed E-state index contributed by atoms with van der Waals surface area (Å²) in [5.74, 6) is 0.743. The second-order valence-corrected chi connectivity index (χ2v) is 16.8. The first-order valence-electron chi connectivity index (χ1n) is 18.2. The molecule has 0 spiro atoms. The summed E-state index contributed by atoms with van der Waals surface area (Å²) in [7, 11) is 0. The van der Waals surface area contributed by atoms with E-state index in [0.717, 1.165) is 42.2 Å². The van der Waals surface area contributed by atoms with Crippen LogP contribution in [0.1, 0.15) is 44.1 Å². The van der Waals surface area contributed by atoms with Crippen molar-refractivity contribution in [1.82, 2.24) is 0 Å². The van der Waals surface area contributed by atoms with Gasteiger partial charge in [-0.3, -0.25) is 4.79 Å². The Hall–Kier alpha value is -3.71. The number of benzene rings is 4. The zero-order chi connectivity index (χ0) is 35.7. The molecule has 0 aromatic heterocycles. The van der Waals surface area contributed by atoms with E-state index in [9.17, 15) is 9.59 Å². The van der Waals surface area contributed by atoms with Crippen LogP contribution in [0.2, 0.25) is 0 Å². The summed E-state index contributed by atoms with van der Waals surface area (Å²) in [6.07, 6.45) is 4.08. The Morgan fingerprint density at radius 2 is 1.56 bits per heavy atom. The molecule has 0 bridgehead atoms. The van der Waals surface area contributed by atoms with Gasteiger partial charge >= 0.3 is 183 Å². The first kappa shape index (κ1) is 36.6. The maximum atomic E-state index is 13.1. The zero-order valence-corrected chi connectivity index (χ0v) is 31.6. The monoisotopic (exact) mass is 821 g/mol. The van der Waals surface area contributed by atoms with E-state index in [4.69, 9.17) is 33.2 Å². The van der Waals surface area contributed by atoms with Crippen LogP contribution in [0.4, 0.5) is 0 Å². The van der Waals surface area contributed by atoms with E-state index in [-0.39, 0.29) is 64.6 Å². The molecular weight excluding hydrogens is 775 g/mol. The van der Waals surface area contributed by atoms with Crippen LogP contribution in [0.25, 0.3) is 10.8 Å². The fraction of sp³-hybridized carbons (Fsp3) is 0.429. The number of hydrogen-bond donors (Lipinski definition) is 0. The van der Waals surface area contributed by atoms with E-state index in [1.807, 2.05) is 42.5 Å². The summed E-state index contributed by atoms with van der Waals surface area (Å²) in [6.45, 7) is 2.91. The average Bonchev–Trinajstić information content (AvgIpc) is 3.96. The van der Waals surface area contributed by atoms with Crippen LogP contribution in [0.5, 0.6) is 11.5 Å². The van der Waals surface area contributed by atoms with Crippen LogP contribution >= 0.6 is 0 Å². The van der Waals surface area contributed by atoms with Crippen molar-refractivity contribution in [3.05, 3.63) is 104 Å². The molecule has 3 fully saturated rings. The van der Waals surface area contributed by atoms with E-state index >= 15 is 0 Å². The van der Waals surface area contributed by atoms with Gasteiger partial charge in [0.2, 0.25) is 0 Å². The van der Waals surface area contributed by atoms with Crippen molar-refractivity contribution in [2.45, 2.75) is 69.9 Å². The van der Waals surface area contributed by atoms with Crippen LogP contribution < -0.4 is 30.7 Å². The fourth-order valence-electron chi connectivity index (χ4n) is 6.97. The number of carbonyl (C=O) groups excluding carboxylic acids is 2. The van der Waals surface area contributed by atoms with E-state index in [1.54, 1.807) is 0 Å². The molecule has 52 heavy (non-hydrogen) atoms. The van der Waals surface area contributed by atoms with Gasteiger partial charge < -0.3 is 18.9 Å². The second-order valence-electron chi connectivity index (χ2n) is 13.8. The standard InChI is InChI=1S/C42H46IO9/c1-28-9-13-32(14-10-28)43-33-15-17-34(18-16-33)48-26-41(44)52-39-23-29(25-49-42(45)31-12-20-38-40(24-31)51-38)11-19-37(39)50-27-46-21-22-47-36-8-4-6-30-5-2-3-7-35(30)36/h2-10,13-18,29,31,37-40H,11-12,19-27H2,1H3/q-1. The van der Waals surface area contributed by atoms with Crippen LogP contribution in [0.3, 0.4) is 0 Å². The van der Waals surface area contributed by atoms with Crippen LogP contribution in [-0.2, 0) is 33.3 Å². The molecule has 2 aliphatic carbocycles. The van der Waals surface area contributed by atoms with Gasteiger partial charge in [0.25, 0.3) is 0 Å². The molecule has 1 aliphatic heterocycles. The van der Waals surface area contributed by atoms with Gasteiger partial charge in [0.05, 0.1) is 24.7 Å². The third kappa shape index (κ3) is 10.2. The Kier molecular flexibility index (Phi) is 12.6. The number of ether oxygens (including phenoxy) is 7. The van der Waals surface area contributed by atoms with Crippen molar-refractivity contribution in [2.24, 2.45) is 11.8 Å². The molecule has 2 saturated carbocycles. The summed E-state index contributed by atoms with van der Waals surface area (Å²) < 4.78 is 43.7. The van der Waals surface area contributed by atoms with Crippen molar-refractivity contribution in [2.75, 3.05) is 33.2 Å². The molecule has 3 aliphatic rings. The molecule has 0 radical (unpaired) electrons. The number of esters is 2. The number of aryl methyl sites for hydroxylation is 1. The second kappa shape index (κ2) is 17.9. The van der Waals surface area contributed by atoms with Gasteiger partial charge in [-0.15, -0.1) is 0 Å². The molecule has 0 amide bonds. The van der Waals surface area contributed by atoms with E-state index < -0.39 is 12.1 Å². The van der Waals surface area contributed by atoms with E-state index in [1.165, 1.54) is 12.7 Å². The number of halogens is 1. The van der Waals surface area contributed by atoms with Crippen molar-refractivity contribution in [3.63, 3.8) is 0 Å². The number of fused-ring (bicyclic) bond motifs is 2. The van der Waals surface area contributed by atoms with Gasteiger partial charge in [-0.1, -0.05) is 36.4 Å². The first-order chi connectivity index (χ1) is 25.5. The quantitative estimate of drug-likeness (QED) is 0.0548. The molecular formula is C42H46IO9-. The summed E-state index contributed by atoms with van der Waals surface area (Å²) in [5.41, 5.74) is 1.25. The normalized spacial score (nSPS) is 23.8. The molecule has 7 rings (SSSR count). The van der Waals surface area contributed by atoms with E-state index in [0.29, 0.717) is 44.5 Å². The molecule has 1 saturated heterocycles. The minimum absolute atomic E-state index is 0.0389. The molecule has 10 heteroatoms. The zero-order valence-electron chi connectivity index (χ0n) is 29.5. The SMILES string of the molecule is Cc1ccc([I-]c2ccc(OCC(=O)OC3CC(COC(=O)C4CCC5OC5C4)CCC3OCOCCOc3cccc4ccccc34)cc2)cc1. The summed E-state index contributed by atoms with van der Waals surface area (Å²) in [4.78, 5) is 25.9. The van der Waals surface area contributed by atoms with Crippen LogP contribution in [0.15, 0.2) is 91.0 Å². The van der Waals surface area contributed by atoms with Crippen LogP contribution in [0, 0.1) is 25.9 Å². The summed E-state index contributed by atoms with van der Waals surface area (Å²) in [5, 5.41) is 2.17. The number of rotatable bonds is 16. The molecule has 0 N–H and O–H groups in total. The van der Waals surface area contributed by atoms with Gasteiger partial charge in [0, 0.05) is 5.39 Å². The Labute approximate surface area is 315 Å². The van der Waals surface area contributed by atoms with Crippen LogP contribution in [-0.4, -0.2) is 69.6 Å². The number of epoxide rings is 1. The van der Waals surface area contributed by atoms with Gasteiger partial charge in [-0.2, -0.15) is 0 Å². The third-order valence-electron chi connectivity index (χ3n) is 9.92. The number of hydrogen-bond acceptors (Lipinski definition) is 9. The van der Waals surface area contributed by atoms with Gasteiger partial charge in [0.1, 0.15) is 12.4 Å². The Bertz CT molecular complexity index is 1770. The Balaban J connectivity index is 0.882. The predicted molar refractivity (Wildman–Crippen MR) is 190 cm³/mol. The summed E-state index contributed by atoms with van der Waals surface area (Å²) >= 11 is -0.296. The van der Waals surface area contributed by atoms with Crippen molar-refractivity contribution < 1.29 is 64.0 Å². The minimum atomic E-state index is -0.527. The van der Waals surface area contributed by atoms with Crippen molar-refractivity contribution in [1.29, 1.82) is 0 Å².